The van der Waals surface area contributed by atoms with Gasteiger partial charge in [-0.15, -0.1) is 11.3 Å². The van der Waals surface area contributed by atoms with E-state index in [-0.39, 0.29) is 28.9 Å². The number of aromatic carboxylic acids is 1. The molecule has 0 saturated heterocycles. The van der Waals surface area contributed by atoms with Crippen molar-refractivity contribution in [1.29, 1.82) is 0 Å². The van der Waals surface area contributed by atoms with Crippen LogP contribution >= 0.6 is 11.3 Å². The van der Waals surface area contributed by atoms with Crippen molar-refractivity contribution in [1.82, 2.24) is 0 Å². The molecule has 1 aliphatic rings. The van der Waals surface area contributed by atoms with Crippen molar-refractivity contribution in [3.8, 4) is 11.1 Å². The predicted molar refractivity (Wildman–Crippen MR) is 98.2 cm³/mol. The number of benzene rings is 2. The Bertz CT molecular complexity index is 996. The van der Waals surface area contributed by atoms with Crippen LogP contribution in [0.5, 0.6) is 0 Å². The summed E-state index contributed by atoms with van der Waals surface area (Å²) in [6, 6.07) is 15.1. The number of carbonyl (C=O) groups is 2. The number of carboxylic acids is 1. The number of anilines is 1. The van der Waals surface area contributed by atoms with Gasteiger partial charge in [0.05, 0.1) is 5.69 Å². The summed E-state index contributed by atoms with van der Waals surface area (Å²) in [5.41, 5.74) is 2.60. The van der Waals surface area contributed by atoms with E-state index in [0.29, 0.717) is 11.3 Å². The Balaban J connectivity index is 1.93. The fraction of sp³-hybridized carbons (Fsp3) is 0.100. The molecule has 0 fully saturated rings. The number of nitrogens with one attached hydrogen (secondary N) is 1. The monoisotopic (exact) mass is 367 g/mol. The minimum Gasteiger partial charge on any atom is -0.477 e. The van der Waals surface area contributed by atoms with Gasteiger partial charge in [0.2, 0.25) is 5.91 Å². The second-order valence-corrected chi connectivity index (χ2v) is 7.13. The topological polar surface area (TPSA) is 66.4 Å². The SMILES string of the molecule is O=C1C[C@H](c2ccc(F)cc2)c2sc(C(=O)O)c(-c3ccccc3)c2N1. The van der Waals surface area contributed by atoms with Gasteiger partial charge in [-0.05, 0) is 23.3 Å². The van der Waals surface area contributed by atoms with Crippen LogP contribution < -0.4 is 5.32 Å². The molecule has 6 heteroatoms. The molecule has 1 atom stereocenters. The van der Waals surface area contributed by atoms with Gasteiger partial charge in [-0.25, -0.2) is 9.18 Å². The zero-order valence-corrected chi connectivity index (χ0v) is 14.3. The summed E-state index contributed by atoms with van der Waals surface area (Å²) >= 11 is 1.17. The molecule has 0 saturated carbocycles. The lowest BCUT2D eigenvalue weighted by Crippen LogP contribution is -2.22. The highest BCUT2D eigenvalue weighted by Crippen LogP contribution is 2.49. The summed E-state index contributed by atoms with van der Waals surface area (Å²) in [5.74, 6) is -1.86. The van der Waals surface area contributed by atoms with Crippen molar-refractivity contribution in [2.24, 2.45) is 0 Å². The molecule has 3 aromatic rings. The van der Waals surface area contributed by atoms with Crippen LogP contribution in [0.3, 0.4) is 0 Å². The van der Waals surface area contributed by atoms with E-state index in [1.807, 2.05) is 30.3 Å². The number of amides is 1. The summed E-state index contributed by atoms with van der Waals surface area (Å²) in [6.45, 7) is 0. The molecule has 2 heterocycles. The average Bonchev–Trinajstić information content (AvgIpc) is 3.02. The van der Waals surface area contributed by atoms with E-state index in [9.17, 15) is 19.1 Å². The van der Waals surface area contributed by atoms with Crippen LogP contribution in [0.2, 0.25) is 0 Å². The number of hydrogen-bond donors (Lipinski definition) is 2. The molecular weight excluding hydrogens is 353 g/mol. The van der Waals surface area contributed by atoms with Gasteiger partial charge in [-0.3, -0.25) is 4.79 Å². The van der Waals surface area contributed by atoms with Gasteiger partial charge in [-0.2, -0.15) is 0 Å². The number of fused-ring (bicyclic) bond motifs is 1. The number of carboxylic acid groups (broad SMARTS) is 1. The lowest BCUT2D eigenvalue weighted by atomic mass is 9.88. The summed E-state index contributed by atoms with van der Waals surface area (Å²) < 4.78 is 13.3. The first kappa shape index (κ1) is 16.5. The Labute approximate surface area is 152 Å². The van der Waals surface area contributed by atoms with Crippen LogP contribution in [0, 0.1) is 5.82 Å². The maximum atomic E-state index is 13.3. The van der Waals surface area contributed by atoms with Gasteiger partial charge in [0.25, 0.3) is 0 Å². The maximum Gasteiger partial charge on any atom is 0.346 e. The van der Waals surface area contributed by atoms with E-state index in [0.717, 1.165) is 16.0 Å². The highest BCUT2D eigenvalue weighted by atomic mass is 32.1. The van der Waals surface area contributed by atoms with E-state index in [1.54, 1.807) is 12.1 Å². The third-order valence-electron chi connectivity index (χ3n) is 4.43. The fourth-order valence-corrected chi connectivity index (χ4v) is 4.53. The van der Waals surface area contributed by atoms with E-state index in [4.69, 9.17) is 0 Å². The molecule has 1 aromatic heterocycles. The van der Waals surface area contributed by atoms with E-state index < -0.39 is 5.97 Å². The summed E-state index contributed by atoms with van der Waals surface area (Å²) in [4.78, 5) is 25.1. The highest BCUT2D eigenvalue weighted by molar-refractivity contribution is 7.15. The molecule has 0 spiro atoms. The van der Waals surface area contributed by atoms with Crippen molar-refractivity contribution in [3.05, 3.63) is 75.7 Å². The Hall–Kier alpha value is -2.99. The minimum atomic E-state index is -1.03. The molecule has 1 amide bonds. The molecule has 2 aromatic carbocycles. The zero-order valence-electron chi connectivity index (χ0n) is 13.5. The maximum absolute atomic E-state index is 13.3. The second kappa shape index (κ2) is 6.38. The number of hydrogen-bond acceptors (Lipinski definition) is 3. The van der Waals surface area contributed by atoms with Crippen LogP contribution in [0.4, 0.5) is 10.1 Å². The van der Waals surface area contributed by atoms with Gasteiger partial charge in [0, 0.05) is 22.8 Å². The van der Waals surface area contributed by atoms with Crippen LogP contribution in [-0.4, -0.2) is 17.0 Å². The molecular formula is C20H14FNO3S. The summed E-state index contributed by atoms with van der Waals surface area (Å²) in [6.07, 6.45) is 0.201. The third-order valence-corrected chi connectivity index (χ3v) is 5.73. The van der Waals surface area contributed by atoms with E-state index >= 15 is 0 Å². The molecule has 0 bridgehead atoms. The Morgan fingerprint density at radius 3 is 2.46 bits per heavy atom. The molecule has 26 heavy (non-hydrogen) atoms. The smallest absolute Gasteiger partial charge is 0.346 e. The van der Waals surface area contributed by atoms with Crippen molar-refractivity contribution in [2.75, 3.05) is 5.32 Å². The van der Waals surface area contributed by atoms with Gasteiger partial charge >= 0.3 is 5.97 Å². The molecule has 4 rings (SSSR count). The summed E-state index contributed by atoms with van der Waals surface area (Å²) in [5, 5.41) is 12.5. The molecule has 1 aliphatic heterocycles. The van der Waals surface area contributed by atoms with E-state index in [1.165, 1.54) is 23.5 Å². The van der Waals surface area contributed by atoms with Crippen LogP contribution in [0.25, 0.3) is 11.1 Å². The Kier molecular flexibility index (Phi) is 4.05. The Morgan fingerprint density at radius 2 is 1.81 bits per heavy atom. The van der Waals surface area contributed by atoms with Crippen molar-refractivity contribution >= 4 is 28.9 Å². The average molecular weight is 367 g/mol. The first-order valence-corrected chi connectivity index (χ1v) is 8.87. The van der Waals surface area contributed by atoms with Gasteiger partial charge in [-0.1, -0.05) is 42.5 Å². The molecule has 2 N–H and O–H groups in total. The molecule has 0 unspecified atom stereocenters. The third kappa shape index (κ3) is 2.78. The summed E-state index contributed by atoms with van der Waals surface area (Å²) in [7, 11) is 0. The lowest BCUT2D eigenvalue weighted by molar-refractivity contribution is -0.116. The van der Waals surface area contributed by atoms with Crippen LogP contribution in [0.15, 0.2) is 54.6 Å². The number of thiophene rings is 1. The van der Waals surface area contributed by atoms with Crippen molar-refractivity contribution in [3.63, 3.8) is 0 Å². The van der Waals surface area contributed by atoms with Gasteiger partial charge in [0.15, 0.2) is 0 Å². The van der Waals surface area contributed by atoms with Gasteiger partial charge in [0.1, 0.15) is 10.7 Å². The van der Waals surface area contributed by atoms with Crippen molar-refractivity contribution < 1.29 is 19.1 Å². The van der Waals surface area contributed by atoms with Crippen LogP contribution in [0.1, 0.15) is 32.5 Å². The van der Waals surface area contributed by atoms with E-state index in [2.05, 4.69) is 5.32 Å². The highest BCUT2D eigenvalue weighted by Gasteiger charge is 2.34. The minimum absolute atomic E-state index is 0.182. The Morgan fingerprint density at radius 1 is 1.12 bits per heavy atom. The number of halogens is 1. The van der Waals surface area contributed by atoms with Crippen LogP contribution in [-0.2, 0) is 4.79 Å². The first-order valence-electron chi connectivity index (χ1n) is 8.05. The number of rotatable bonds is 3. The van der Waals surface area contributed by atoms with Crippen molar-refractivity contribution in [2.45, 2.75) is 12.3 Å². The molecule has 0 radical (unpaired) electrons. The largest absolute Gasteiger partial charge is 0.477 e. The number of carbonyl (C=O) groups excluding carboxylic acids is 1. The predicted octanol–water partition coefficient (Wildman–Crippen LogP) is 4.73. The molecule has 0 aliphatic carbocycles. The quantitative estimate of drug-likeness (QED) is 0.703. The lowest BCUT2D eigenvalue weighted by Gasteiger charge is -2.23. The molecule has 4 nitrogen and oxygen atoms in total. The first-order chi connectivity index (χ1) is 12.5. The molecule has 130 valence electrons. The standard InChI is InChI=1S/C20H14FNO3S/c21-13-8-6-11(7-9-13)14-10-15(23)22-17-16(12-4-2-1-3-5-12)19(20(24)25)26-18(14)17/h1-9,14H,10H2,(H,22,23)(H,24,25)/t14-/m1/s1. The van der Waals surface area contributed by atoms with Gasteiger partial charge < -0.3 is 10.4 Å². The fourth-order valence-electron chi connectivity index (χ4n) is 3.28. The normalized spacial score (nSPS) is 16.0. The zero-order chi connectivity index (χ0) is 18.3. The second-order valence-electron chi connectivity index (χ2n) is 6.07.